The fraction of sp³-hybridized carbons (Fsp3) is 0.909. The number of piperidine rings is 2. The first-order valence-electron chi connectivity index (χ1n) is 11.7. The zero-order valence-electron chi connectivity index (χ0n) is 19.2. The highest BCUT2D eigenvalue weighted by molar-refractivity contribution is 5.80. The molecule has 0 aliphatic carbocycles. The number of hydrogen-bond donors (Lipinski definition) is 3. The third-order valence-electron chi connectivity index (χ3n) is 5.88. The van der Waals surface area contributed by atoms with Gasteiger partial charge >= 0.3 is 0 Å². The Morgan fingerprint density at radius 1 is 1.10 bits per heavy atom. The van der Waals surface area contributed by atoms with Gasteiger partial charge in [-0.15, -0.1) is 0 Å². The van der Waals surface area contributed by atoms with E-state index in [-0.39, 0.29) is 5.91 Å². The van der Waals surface area contributed by atoms with Gasteiger partial charge < -0.3 is 20.9 Å². The van der Waals surface area contributed by atoms with Crippen molar-refractivity contribution in [2.24, 2.45) is 16.8 Å². The number of carbonyl (C=O) groups is 1. The molecule has 0 spiro atoms. The second-order valence-corrected chi connectivity index (χ2v) is 9.16. The number of guanidine groups is 1. The summed E-state index contributed by atoms with van der Waals surface area (Å²) >= 11 is 0. The van der Waals surface area contributed by atoms with E-state index < -0.39 is 0 Å². The minimum absolute atomic E-state index is 0.148. The van der Waals surface area contributed by atoms with Crippen LogP contribution >= 0.6 is 0 Å². The standard InChI is InChI=1S/C22H44N6O/c1-5-10-24-21(29)17-27-12-8-20(9-13-27)26-22(23-4)25-14-19-7-6-11-28(16-19)15-18(2)3/h18-20H,5-17H2,1-4H3,(H,24,29)(H2,23,25,26). The van der Waals surface area contributed by atoms with Gasteiger partial charge in [0.05, 0.1) is 6.54 Å². The third kappa shape index (κ3) is 9.34. The van der Waals surface area contributed by atoms with Crippen molar-refractivity contribution in [3.8, 4) is 0 Å². The number of aliphatic imine (C=N–C) groups is 1. The van der Waals surface area contributed by atoms with Crippen molar-refractivity contribution in [2.45, 2.75) is 58.9 Å². The van der Waals surface area contributed by atoms with E-state index in [1.807, 2.05) is 7.05 Å². The Labute approximate surface area is 178 Å². The van der Waals surface area contributed by atoms with E-state index in [1.165, 1.54) is 32.5 Å². The summed E-state index contributed by atoms with van der Waals surface area (Å²) in [5.41, 5.74) is 0. The molecule has 3 N–H and O–H groups in total. The Bertz CT molecular complexity index is 502. The second-order valence-electron chi connectivity index (χ2n) is 9.16. The van der Waals surface area contributed by atoms with Gasteiger partial charge in [0, 0.05) is 52.4 Å². The van der Waals surface area contributed by atoms with Crippen LogP contribution in [-0.2, 0) is 4.79 Å². The Balaban J connectivity index is 1.65. The fourth-order valence-corrected chi connectivity index (χ4v) is 4.39. The van der Waals surface area contributed by atoms with Gasteiger partial charge in [-0.2, -0.15) is 0 Å². The minimum Gasteiger partial charge on any atom is -0.356 e. The van der Waals surface area contributed by atoms with E-state index in [0.29, 0.717) is 18.5 Å². The number of carbonyl (C=O) groups excluding carboxylic acids is 1. The SMILES string of the molecule is CCCNC(=O)CN1CCC(NC(=NC)NCC2CCCN(CC(C)C)C2)CC1. The lowest BCUT2D eigenvalue weighted by molar-refractivity contribution is -0.122. The van der Waals surface area contributed by atoms with Crippen LogP contribution in [0.5, 0.6) is 0 Å². The molecule has 2 heterocycles. The van der Waals surface area contributed by atoms with E-state index in [0.717, 1.165) is 57.3 Å². The summed E-state index contributed by atoms with van der Waals surface area (Å²) in [5.74, 6) is 2.50. The van der Waals surface area contributed by atoms with Crippen LogP contribution in [0, 0.1) is 11.8 Å². The Morgan fingerprint density at radius 3 is 2.52 bits per heavy atom. The molecule has 2 fully saturated rings. The monoisotopic (exact) mass is 408 g/mol. The molecule has 1 atom stereocenters. The van der Waals surface area contributed by atoms with Gasteiger partial charge in [-0.1, -0.05) is 20.8 Å². The van der Waals surface area contributed by atoms with E-state index >= 15 is 0 Å². The predicted octanol–water partition coefficient (Wildman–Crippen LogP) is 1.51. The maximum absolute atomic E-state index is 11.9. The molecule has 0 aromatic heterocycles. The van der Waals surface area contributed by atoms with Crippen molar-refractivity contribution in [1.82, 2.24) is 25.8 Å². The fourth-order valence-electron chi connectivity index (χ4n) is 4.39. The summed E-state index contributed by atoms with van der Waals surface area (Å²) in [4.78, 5) is 21.2. The normalized spacial score (nSPS) is 22.7. The molecule has 1 unspecified atom stereocenters. The highest BCUT2D eigenvalue weighted by Gasteiger charge is 2.23. The topological polar surface area (TPSA) is 72.0 Å². The summed E-state index contributed by atoms with van der Waals surface area (Å²) in [6, 6.07) is 0.431. The summed E-state index contributed by atoms with van der Waals surface area (Å²) in [7, 11) is 1.86. The van der Waals surface area contributed by atoms with Crippen molar-refractivity contribution in [3.05, 3.63) is 0 Å². The number of nitrogens with zero attached hydrogens (tertiary/aromatic N) is 3. The van der Waals surface area contributed by atoms with Gasteiger partial charge in [0.2, 0.25) is 5.91 Å². The molecule has 7 heteroatoms. The largest absolute Gasteiger partial charge is 0.356 e. The maximum atomic E-state index is 11.9. The molecule has 2 aliphatic rings. The van der Waals surface area contributed by atoms with E-state index in [1.54, 1.807) is 0 Å². The molecule has 0 radical (unpaired) electrons. The van der Waals surface area contributed by atoms with E-state index in [9.17, 15) is 4.79 Å². The summed E-state index contributed by atoms with van der Waals surface area (Å²) < 4.78 is 0. The van der Waals surface area contributed by atoms with Gasteiger partial charge in [-0.3, -0.25) is 14.7 Å². The summed E-state index contributed by atoms with van der Waals surface area (Å²) in [5, 5.41) is 10.1. The predicted molar refractivity (Wildman–Crippen MR) is 121 cm³/mol. The van der Waals surface area contributed by atoms with E-state index in [2.05, 4.69) is 51.5 Å². The van der Waals surface area contributed by atoms with Crippen LogP contribution in [-0.4, -0.2) is 87.1 Å². The van der Waals surface area contributed by atoms with Gasteiger partial charge in [-0.05, 0) is 50.5 Å². The number of hydrogen-bond acceptors (Lipinski definition) is 4. The summed E-state index contributed by atoms with van der Waals surface area (Å²) in [6.45, 7) is 14.5. The van der Waals surface area contributed by atoms with Crippen LogP contribution in [0.2, 0.25) is 0 Å². The lowest BCUT2D eigenvalue weighted by Crippen LogP contribution is -2.51. The van der Waals surface area contributed by atoms with Gasteiger partial charge in [0.25, 0.3) is 0 Å². The highest BCUT2D eigenvalue weighted by Crippen LogP contribution is 2.17. The molecule has 2 rings (SSSR count). The maximum Gasteiger partial charge on any atom is 0.234 e. The average Bonchev–Trinajstić information content (AvgIpc) is 2.70. The van der Waals surface area contributed by atoms with Crippen molar-refractivity contribution >= 4 is 11.9 Å². The van der Waals surface area contributed by atoms with E-state index in [4.69, 9.17) is 0 Å². The first-order chi connectivity index (χ1) is 14.0. The lowest BCUT2D eigenvalue weighted by atomic mass is 9.97. The first-order valence-corrected chi connectivity index (χ1v) is 11.7. The molecular formula is C22H44N6O. The third-order valence-corrected chi connectivity index (χ3v) is 5.88. The van der Waals surface area contributed by atoms with Crippen molar-refractivity contribution in [2.75, 3.05) is 59.4 Å². The highest BCUT2D eigenvalue weighted by atomic mass is 16.2. The lowest BCUT2D eigenvalue weighted by Gasteiger charge is -2.35. The molecule has 29 heavy (non-hydrogen) atoms. The number of likely N-dealkylation sites (tertiary alicyclic amines) is 2. The first kappa shape index (κ1) is 23.9. The van der Waals surface area contributed by atoms with Crippen molar-refractivity contribution < 1.29 is 4.79 Å². The zero-order chi connectivity index (χ0) is 21.1. The molecule has 0 bridgehead atoms. The van der Waals surface area contributed by atoms with Crippen LogP contribution in [0.25, 0.3) is 0 Å². The zero-order valence-corrected chi connectivity index (χ0v) is 19.2. The summed E-state index contributed by atoms with van der Waals surface area (Å²) in [6.07, 6.45) is 5.69. The molecule has 1 amide bonds. The smallest absolute Gasteiger partial charge is 0.234 e. The Hall–Kier alpha value is -1.34. The van der Waals surface area contributed by atoms with Crippen LogP contribution in [0.3, 0.4) is 0 Å². The number of nitrogens with one attached hydrogen (secondary N) is 3. The van der Waals surface area contributed by atoms with Crippen molar-refractivity contribution in [3.63, 3.8) is 0 Å². The number of amides is 1. The average molecular weight is 409 g/mol. The van der Waals surface area contributed by atoms with Gasteiger partial charge in [-0.25, -0.2) is 0 Å². The molecule has 2 saturated heterocycles. The molecule has 0 aromatic rings. The molecule has 0 aromatic carbocycles. The molecule has 2 aliphatic heterocycles. The van der Waals surface area contributed by atoms with Crippen LogP contribution in [0.4, 0.5) is 0 Å². The molecule has 0 saturated carbocycles. The number of rotatable bonds is 9. The Morgan fingerprint density at radius 2 is 1.86 bits per heavy atom. The van der Waals surface area contributed by atoms with Crippen molar-refractivity contribution in [1.29, 1.82) is 0 Å². The van der Waals surface area contributed by atoms with Crippen LogP contribution < -0.4 is 16.0 Å². The molecule has 168 valence electrons. The van der Waals surface area contributed by atoms with Gasteiger partial charge in [0.1, 0.15) is 0 Å². The van der Waals surface area contributed by atoms with Gasteiger partial charge in [0.15, 0.2) is 5.96 Å². The quantitative estimate of drug-likeness (QED) is 0.398. The van der Waals surface area contributed by atoms with Crippen LogP contribution in [0.15, 0.2) is 4.99 Å². The second kappa shape index (κ2) is 13.1. The minimum atomic E-state index is 0.148. The van der Waals surface area contributed by atoms with Crippen LogP contribution in [0.1, 0.15) is 52.9 Å². The Kier molecular flexibility index (Phi) is 10.8. The molecular weight excluding hydrogens is 364 g/mol. The molecule has 7 nitrogen and oxygen atoms in total.